The van der Waals surface area contributed by atoms with Gasteiger partial charge < -0.3 is 14.7 Å². The SMILES string of the molecule is O=P(O)(O)O.S.[Ti].[Zr]. The molecule has 0 amide bonds. The Kier molecular flexibility index (Phi) is 25.5. The van der Waals surface area contributed by atoms with Crippen molar-refractivity contribution in [3.05, 3.63) is 0 Å². The summed E-state index contributed by atoms with van der Waals surface area (Å²) in [7, 11) is -4.64. The van der Waals surface area contributed by atoms with Crippen molar-refractivity contribution in [1.82, 2.24) is 0 Å². The molecule has 0 saturated carbocycles. The quantitative estimate of drug-likeness (QED) is 0.397. The molecule has 0 atom stereocenters. The molecule has 3 N–H and O–H groups in total. The molecule has 0 radical (unpaired) electrons. The Balaban J connectivity index is -0.0000000267. The summed E-state index contributed by atoms with van der Waals surface area (Å²) in [6, 6.07) is 0. The van der Waals surface area contributed by atoms with Gasteiger partial charge in [0.25, 0.3) is 0 Å². The molecule has 0 saturated heterocycles. The summed E-state index contributed by atoms with van der Waals surface area (Å²) < 4.78 is 8.88. The zero-order valence-electron chi connectivity index (χ0n) is 3.70. The molecule has 0 unspecified atom stereocenters. The summed E-state index contributed by atoms with van der Waals surface area (Å²) in [4.78, 5) is 21.6. The van der Waals surface area contributed by atoms with E-state index < -0.39 is 7.82 Å². The fourth-order valence-corrected chi connectivity index (χ4v) is 0. The van der Waals surface area contributed by atoms with E-state index in [-0.39, 0.29) is 61.4 Å². The minimum atomic E-state index is -4.64. The van der Waals surface area contributed by atoms with Gasteiger partial charge in [-0.05, 0) is 0 Å². The van der Waals surface area contributed by atoms with E-state index in [4.69, 9.17) is 19.2 Å². The summed E-state index contributed by atoms with van der Waals surface area (Å²) in [6.07, 6.45) is 0. The molecule has 0 aromatic carbocycles. The van der Waals surface area contributed by atoms with Crippen LogP contribution >= 0.6 is 21.3 Å². The van der Waals surface area contributed by atoms with E-state index in [0.717, 1.165) is 0 Å². The topological polar surface area (TPSA) is 77.8 Å². The Hall–Kier alpha value is 2.06. The molecule has 8 heteroatoms. The second-order valence-electron chi connectivity index (χ2n) is 0.513. The van der Waals surface area contributed by atoms with Gasteiger partial charge in [0, 0.05) is 47.9 Å². The van der Waals surface area contributed by atoms with Gasteiger partial charge in [-0.2, -0.15) is 13.5 Å². The van der Waals surface area contributed by atoms with Crippen LogP contribution in [0.5, 0.6) is 0 Å². The summed E-state index contributed by atoms with van der Waals surface area (Å²) in [5.74, 6) is 0. The van der Waals surface area contributed by atoms with Crippen LogP contribution in [0.25, 0.3) is 0 Å². The average Bonchev–Trinajstić information content (AvgIpc) is 0.722. The van der Waals surface area contributed by atoms with Crippen molar-refractivity contribution in [2.45, 2.75) is 0 Å². The first-order valence-corrected chi connectivity index (χ1v) is 2.35. The van der Waals surface area contributed by atoms with Crippen molar-refractivity contribution in [1.29, 1.82) is 0 Å². The summed E-state index contributed by atoms with van der Waals surface area (Å²) >= 11 is 0. The third-order valence-electron chi connectivity index (χ3n) is 0. The van der Waals surface area contributed by atoms with E-state index in [1.807, 2.05) is 0 Å². The Morgan fingerprint density at radius 2 is 1.12 bits per heavy atom. The Morgan fingerprint density at radius 3 is 1.12 bits per heavy atom. The average molecular weight is 271 g/mol. The van der Waals surface area contributed by atoms with Crippen molar-refractivity contribution in [2.24, 2.45) is 0 Å². The van der Waals surface area contributed by atoms with E-state index in [2.05, 4.69) is 0 Å². The Bertz CT molecular complexity index is 62.2. The molecule has 0 bridgehead atoms. The molecule has 0 aromatic rings. The van der Waals surface area contributed by atoms with E-state index >= 15 is 0 Å². The summed E-state index contributed by atoms with van der Waals surface area (Å²) in [5, 5.41) is 0. The van der Waals surface area contributed by atoms with Crippen LogP contribution in [-0.2, 0) is 52.5 Å². The first-order chi connectivity index (χ1) is 2.00. The largest absolute Gasteiger partial charge is 0.466 e. The van der Waals surface area contributed by atoms with Gasteiger partial charge in [-0.15, -0.1) is 0 Å². The molecule has 0 fully saturated rings. The van der Waals surface area contributed by atoms with Crippen LogP contribution < -0.4 is 0 Å². The predicted molar refractivity (Wildman–Crippen MR) is 24.6 cm³/mol. The molecule has 4 nitrogen and oxygen atoms in total. The van der Waals surface area contributed by atoms with Crippen LogP contribution in [0.3, 0.4) is 0 Å². The predicted octanol–water partition coefficient (Wildman–Crippen LogP) is -0.821. The molecule has 48 valence electrons. The fraction of sp³-hybridized carbons (Fsp3) is 0. The second kappa shape index (κ2) is 9.06. The standard InChI is InChI=1S/H3O4P.H2S.Ti.Zr/c1-5(2,3)4;;;/h(H3,1,2,3,4);1H2;;. The van der Waals surface area contributed by atoms with Crippen LogP contribution in [0.2, 0.25) is 0 Å². The summed E-state index contributed by atoms with van der Waals surface area (Å²) in [6.45, 7) is 0. The molecule has 0 aromatic heterocycles. The molecule has 8 heavy (non-hydrogen) atoms. The normalized spacial score (nSPS) is 7.38. The van der Waals surface area contributed by atoms with Crippen molar-refractivity contribution < 1.29 is 67.2 Å². The third-order valence-corrected chi connectivity index (χ3v) is 0. The van der Waals surface area contributed by atoms with E-state index in [1.165, 1.54) is 0 Å². The van der Waals surface area contributed by atoms with Crippen LogP contribution in [0.4, 0.5) is 0 Å². The van der Waals surface area contributed by atoms with Crippen LogP contribution in [0.15, 0.2) is 0 Å². The zero-order chi connectivity index (χ0) is 4.50. The van der Waals surface area contributed by atoms with Gasteiger partial charge in [0.15, 0.2) is 0 Å². The van der Waals surface area contributed by atoms with Gasteiger partial charge in [0.05, 0.1) is 0 Å². The zero-order valence-corrected chi connectivity index (χ0v) is 9.61. The van der Waals surface area contributed by atoms with Gasteiger partial charge >= 0.3 is 7.82 Å². The minimum Gasteiger partial charge on any atom is -0.303 e. The van der Waals surface area contributed by atoms with Gasteiger partial charge in [0.1, 0.15) is 0 Å². The van der Waals surface area contributed by atoms with E-state index in [0.29, 0.717) is 0 Å². The van der Waals surface area contributed by atoms with Crippen LogP contribution in [-0.4, -0.2) is 14.7 Å². The molecule has 0 rings (SSSR count). The van der Waals surface area contributed by atoms with Gasteiger partial charge in [-0.1, -0.05) is 0 Å². The van der Waals surface area contributed by atoms with Crippen molar-refractivity contribution in [2.75, 3.05) is 0 Å². The number of phosphoric acid groups is 1. The smallest absolute Gasteiger partial charge is 0.303 e. The molecule has 0 heterocycles. The maximum Gasteiger partial charge on any atom is 0.466 e. The fourth-order valence-electron chi connectivity index (χ4n) is 0. The maximum absolute atomic E-state index is 8.88. The van der Waals surface area contributed by atoms with Gasteiger partial charge in [-0.25, -0.2) is 4.57 Å². The molecule has 0 aliphatic rings. The van der Waals surface area contributed by atoms with E-state index in [1.54, 1.807) is 0 Å². The maximum atomic E-state index is 8.88. The molecule has 0 aliphatic heterocycles. The molecular weight excluding hydrogens is 266 g/mol. The number of rotatable bonds is 0. The number of hydrogen-bond acceptors (Lipinski definition) is 1. The van der Waals surface area contributed by atoms with Crippen molar-refractivity contribution >= 4 is 21.3 Å². The molecule has 0 aliphatic carbocycles. The minimum absolute atomic E-state index is 0. The third kappa shape index (κ3) is 94.8. The summed E-state index contributed by atoms with van der Waals surface area (Å²) in [5.41, 5.74) is 0. The number of hydrogen-bond donors (Lipinski definition) is 3. The van der Waals surface area contributed by atoms with Crippen LogP contribution in [0, 0.1) is 0 Å². The van der Waals surface area contributed by atoms with Crippen molar-refractivity contribution in [3.63, 3.8) is 0 Å². The van der Waals surface area contributed by atoms with Gasteiger partial charge in [-0.3, -0.25) is 0 Å². The molecule has 0 spiro atoms. The van der Waals surface area contributed by atoms with Crippen molar-refractivity contribution in [3.8, 4) is 0 Å². The van der Waals surface area contributed by atoms with Gasteiger partial charge in [0.2, 0.25) is 0 Å². The Labute approximate surface area is 87.8 Å². The van der Waals surface area contributed by atoms with E-state index in [9.17, 15) is 0 Å². The first-order valence-electron chi connectivity index (χ1n) is 0.783. The van der Waals surface area contributed by atoms with Crippen LogP contribution in [0.1, 0.15) is 0 Å². The molecular formula is H5O4PSTiZr. The Morgan fingerprint density at radius 1 is 1.12 bits per heavy atom. The second-order valence-corrected chi connectivity index (χ2v) is 1.54. The monoisotopic (exact) mass is 270 g/mol. The first kappa shape index (κ1) is 22.5.